The summed E-state index contributed by atoms with van der Waals surface area (Å²) in [5.74, 6) is -0.117. The van der Waals surface area contributed by atoms with E-state index in [0.29, 0.717) is 12.2 Å². The van der Waals surface area contributed by atoms with Crippen LogP contribution in [0.5, 0.6) is 0 Å². The molecule has 0 saturated heterocycles. The van der Waals surface area contributed by atoms with Gasteiger partial charge in [0.2, 0.25) is 0 Å². The molecule has 1 aromatic heterocycles. The monoisotopic (exact) mass is 251 g/mol. The number of aliphatic hydroxyl groups is 1. The number of aromatic nitrogens is 2. The number of aryl methyl sites for hydroxylation is 1. The van der Waals surface area contributed by atoms with Gasteiger partial charge in [0.1, 0.15) is 5.69 Å². The molecule has 0 aromatic carbocycles. The Kier molecular flexibility index (Phi) is 4.01. The average molecular weight is 251 g/mol. The molecule has 5 nitrogen and oxygen atoms in total. The number of hydrogen-bond donors (Lipinski definition) is 2. The van der Waals surface area contributed by atoms with Gasteiger partial charge in [0, 0.05) is 19.0 Å². The molecule has 1 saturated carbocycles. The number of nitrogens with zero attached hydrogens (tertiary/aromatic N) is 2. The smallest absolute Gasteiger partial charge is 0.269 e. The van der Waals surface area contributed by atoms with Crippen molar-refractivity contribution in [2.75, 3.05) is 13.2 Å². The molecule has 0 spiro atoms. The number of hydrogen-bond acceptors (Lipinski definition) is 3. The predicted octanol–water partition coefficient (Wildman–Crippen LogP) is 1.09. The molecule has 0 atom stereocenters. The van der Waals surface area contributed by atoms with Crippen molar-refractivity contribution in [3.05, 3.63) is 18.2 Å². The van der Waals surface area contributed by atoms with Crippen molar-refractivity contribution < 1.29 is 9.90 Å². The predicted molar refractivity (Wildman–Crippen MR) is 68.1 cm³/mol. The molecule has 1 aromatic rings. The van der Waals surface area contributed by atoms with Gasteiger partial charge in [0.25, 0.3) is 5.91 Å². The van der Waals surface area contributed by atoms with Crippen LogP contribution in [0.25, 0.3) is 0 Å². The Morgan fingerprint density at radius 1 is 1.50 bits per heavy atom. The van der Waals surface area contributed by atoms with Gasteiger partial charge < -0.3 is 15.0 Å². The number of carbonyl (C=O) groups is 1. The molecule has 1 amide bonds. The average Bonchev–Trinajstić information content (AvgIpc) is 2.83. The topological polar surface area (TPSA) is 67.2 Å². The Labute approximate surface area is 107 Å². The van der Waals surface area contributed by atoms with E-state index < -0.39 is 0 Å². The zero-order valence-electron chi connectivity index (χ0n) is 10.9. The quantitative estimate of drug-likeness (QED) is 0.842. The van der Waals surface area contributed by atoms with Crippen molar-refractivity contribution in [3.63, 3.8) is 0 Å². The molecule has 1 fully saturated rings. The van der Waals surface area contributed by atoms with Crippen LogP contribution in [0.4, 0.5) is 0 Å². The third-order valence-electron chi connectivity index (χ3n) is 3.92. The molecule has 5 heteroatoms. The first kappa shape index (κ1) is 13.1. The maximum atomic E-state index is 12.0. The van der Waals surface area contributed by atoms with Gasteiger partial charge in [-0.05, 0) is 12.8 Å². The van der Waals surface area contributed by atoms with Crippen LogP contribution in [0.1, 0.15) is 42.6 Å². The Hall–Kier alpha value is -1.36. The third-order valence-corrected chi connectivity index (χ3v) is 3.92. The zero-order valence-corrected chi connectivity index (χ0v) is 10.9. The van der Waals surface area contributed by atoms with Crippen LogP contribution >= 0.6 is 0 Å². The van der Waals surface area contributed by atoms with E-state index in [-0.39, 0.29) is 17.9 Å². The molecule has 0 bridgehead atoms. The van der Waals surface area contributed by atoms with Gasteiger partial charge in [-0.3, -0.25) is 4.79 Å². The van der Waals surface area contributed by atoms with Crippen LogP contribution in [0.2, 0.25) is 0 Å². The summed E-state index contributed by atoms with van der Waals surface area (Å²) in [6.45, 7) is 0.701. The van der Waals surface area contributed by atoms with Gasteiger partial charge in [0.05, 0.1) is 19.1 Å². The second-order valence-corrected chi connectivity index (χ2v) is 5.29. The van der Waals surface area contributed by atoms with E-state index in [9.17, 15) is 9.90 Å². The summed E-state index contributed by atoms with van der Waals surface area (Å²) >= 11 is 0. The highest BCUT2D eigenvalue weighted by atomic mass is 16.3. The number of carbonyl (C=O) groups excluding carboxylic acids is 1. The second kappa shape index (κ2) is 5.52. The van der Waals surface area contributed by atoms with Crippen molar-refractivity contribution in [1.82, 2.24) is 14.9 Å². The summed E-state index contributed by atoms with van der Waals surface area (Å²) in [6.07, 6.45) is 8.67. The van der Waals surface area contributed by atoms with Gasteiger partial charge >= 0.3 is 0 Å². The van der Waals surface area contributed by atoms with Gasteiger partial charge in [-0.2, -0.15) is 0 Å². The molecule has 0 radical (unpaired) electrons. The van der Waals surface area contributed by atoms with Crippen LogP contribution in [0.15, 0.2) is 12.5 Å². The number of imidazole rings is 1. The van der Waals surface area contributed by atoms with Crippen molar-refractivity contribution in [2.45, 2.75) is 32.1 Å². The fourth-order valence-corrected chi connectivity index (χ4v) is 2.63. The Morgan fingerprint density at radius 2 is 2.22 bits per heavy atom. The lowest BCUT2D eigenvalue weighted by molar-refractivity contribution is 0.0714. The summed E-state index contributed by atoms with van der Waals surface area (Å²) in [7, 11) is 1.80. The molecule has 100 valence electrons. The SMILES string of the molecule is Cn1cncc1C(=O)NCC1(CO)CCCCC1. The lowest BCUT2D eigenvalue weighted by Gasteiger charge is -2.35. The summed E-state index contributed by atoms with van der Waals surface area (Å²) in [5, 5.41) is 12.5. The summed E-state index contributed by atoms with van der Waals surface area (Å²) in [4.78, 5) is 15.9. The van der Waals surface area contributed by atoms with Gasteiger partial charge in [-0.25, -0.2) is 4.98 Å². The van der Waals surface area contributed by atoms with Crippen molar-refractivity contribution in [1.29, 1.82) is 0 Å². The first-order valence-corrected chi connectivity index (χ1v) is 6.52. The fraction of sp³-hybridized carbons (Fsp3) is 0.692. The number of nitrogens with one attached hydrogen (secondary N) is 1. The maximum Gasteiger partial charge on any atom is 0.269 e. The van der Waals surface area contributed by atoms with E-state index >= 15 is 0 Å². The number of rotatable bonds is 4. The van der Waals surface area contributed by atoms with Crippen LogP contribution in [-0.2, 0) is 7.05 Å². The number of amides is 1. The minimum absolute atomic E-state index is 0.117. The first-order valence-electron chi connectivity index (χ1n) is 6.52. The first-order chi connectivity index (χ1) is 8.67. The van der Waals surface area contributed by atoms with Gasteiger partial charge in [-0.15, -0.1) is 0 Å². The molecule has 0 aliphatic heterocycles. The highest BCUT2D eigenvalue weighted by Crippen LogP contribution is 2.35. The molecular formula is C13H21N3O2. The highest BCUT2D eigenvalue weighted by molar-refractivity contribution is 5.92. The fourth-order valence-electron chi connectivity index (χ4n) is 2.63. The van der Waals surface area contributed by atoms with Gasteiger partial charge in [-0.1, -0.05) is 19.3 Å². The lowest BCUT2D eigenvalue weighted by atomic mass is 9.74. The largest absolute Gasteiger partial charge is 0.396 e. The van der Waals surface area contributed by atoms with E-state index in [1.54, 1.807) is 24.1 Å². The maximum absolute atomic E-state index is 12.0. The van der Waals surface area contributed by atoms with E-state index in [1.165, 1.54) is 6.42 Å². The van der Waals surface area contributed by atoms with Crippen LogP contribution in [0.3, 0.4) is 0 Å². The minimum atomic E-state index is -0.119. The van der Waals surface area contributed by atoms with Crippen LogP contribution in [-0.4, -0.2) is 33.7 Å². The Bertz CT molecular complexity index is 408. The third kappa shape index (κ3) is 2.72. The molecule has 2 N–H and O–H groups in total. The summed E-state index contributed by atoms with van der Waals surface area (Å²) in [5.41, 5.74) is 0.436. The second-order valence-electron chi connectivity index (χ2n) is 5.29. The van der Waals surface area contributed by atoms with E-state index in [0.717, 1.165) is 25.7 Å². The molecule has 1 aliphatic carbocycles. The molecule has 1 aliphatic rings. The van der Waals surface area contributed by atoms with Crippen LogP contribution < -0.4 is 5.32 Å². The van der Waals surface area contributed by atoms with Gasteiger partial charge in [0.15, 0.2) is 0 Å². The van der Waals surface area contributed by atoms with Crippen LogP contribution in [0, 0.1) is 5.41 Å². The Morgan fingerprint density at radius 3 is 2.78 bits per heavy atom. The van der Waals surface area contributed by atoms with E-state index in [4.69, 9.17) is 0 Å². The molecule has 1 heterocycles. The Balaban J connectivity index is 1.94. The van der Waals surface area contributed by atoms with Crippen molar-refractivity contribution >= 4 is 5.91 Å². The normalized spacial score (nSPS) is 18.6. The number of aliphatic hydroxyl groups excluding tert-OH is 1. The van der Waals surface area contributed by atoms with Crippen molar-refractivity contribution in [2.24, 2.45) is 12.5 Å². The van der Waals surface area contributed by atoms with Crippen molar-refractivity contribution in [3.8, 4) is 0 Å². The molecule has 18 heavy (non-hydrogen) atoms. The molecular weight excluding hydrogens is 230 g/mol. The molecule has 2 rings (SSSR count). The zero-order chi connectivity index (χ0) is 13.0. The lowest BCUT2D eigenvalue weighted by Crippen LogP contribution is -2.41. The standard InChI is InChI=1S/C13H21N3O2/c1-16-10-14-7-11(16)12(18)15-8-13(9-17)5-3-2-4-6-13/h7,10,17H,2-6,8-9H2,1H3,(H,15,18). The summed E-state index contributed by atoms with van der Waals surface area (Å²) < 4.78 is 1.70. The highest BCUT2D eigenvalue weighted by Gasteiger charge is 2.31. The van der Waals surface area contributed by atoms with E-state index in [2.05, 4.69) is 10.3 Å². The summed E-state index contributed by atoms with van der Waals surface area (Å²) in [6, 6.07) is 0. The molecule has 0 unspecified atom stereocenters. The van der Waals surface area contributed by atoms with E-state index in [1.807, 2.05) is 0 Å². The minimum Gasteiger partial charge on any atom is -0.396 e.